The van der Waals surface area contributed by atoms with Crippen LogP contribution in [0.1, 0.15) is 41.5 Å². The average molecular weight is 368 g/mol. The van der Waals surface area contributed by atoms with E-state index in [2.05, 4.69) is 40.4 Å². The van der Waals surface area contributed by atoms with Gasteiger partial charge >= 0.3 is 6.09 Å². The lowest BCUT2D eigenvalue weighted by Crippen LogP contribution is -2.50. The third-order valence-electron chi connectivity index (χ3n) is 5.71. The van der Waals surface area contributed by atoms with Crippen LogP contribution in [0.3, 0.4) is 0 Å². The highest BCUT2D eigenvalue weighted by atomic mass is 28.4. The number of allylic oxidation sites excluding steroid dienone is 1. The van der Waals surface area contributed by atoms with Crippen molar-refractivity contribution in [2.24, 2.45) is 17.8 Å². The topological polar surface area (TPSA) is 55.8 Å². The lowest BCUT2D eigenvalue weighted by molar-refractivity contribution is -0.131. The molecule has 1 saturated heterocycles. The summed E-state index contributed by atoms with van der Waals surface area (Å²) in [7, 11) is -1.96. The summed E-state index contributed by atoms with van der Waals surface area (Å²) in [6.45, 7) is 20.5. The molecule has 0 spiro atoms. The van der Waals surface area contributed by atoms with Gasteiger partial charge in [0.15, 0.2) is 8.32 Å². The molecule has 1 aliphatic heterocycles. The van der Waals surface area contributed by atoms with Gasteiger partial charge in [-0.2, -0.15) is 0 Å². The zero-order chi connectivity index (χ0) is 19.4. The summed E-state index contributed by atoms with van der Waals surface area (Å²) in [6.07, 6.45) is 1.27. The number of piperidine rings is 1. The Morgan fingerprint density at radius 2 is 1.80 bits per heavy atom. The minimum atomic E-state index is -1.96. The summed E-state index contributed by atoms with van der Waals surface area (Å²) >= 11 is 0. The van der Waals surface area contributed by atoms with E-state index in [9.17, 15) is 9.59 Å². The van der Waals surface area contributed by atoms with Crippen LogP contribution < -0.4 is 0 Å². The summed E-state index contributed by atoms with van der Waals surface area (Å²) in [6, 6.07) is -0.260. The molecule has 0 aromatic heterocycles. The molecule has 2 fully saturated rings. The molecule has 0 radical (unpaired) electrons. The van der Waals surface area contributed by atoms with Crippen LogP contribution >= 0.6 is 0 Å². The number of amides is 2. The number of ether oxygens (including phenoxy) is 1. The maximum atomic E-state index is 12.7. The monoisotopic (exact) mass is 367 g/mol. The Hall–Kier alpha value is -1.14. The summed E-state index contributed by atoms with van der Waals surface area (Å²) in [5.41, 5.74) is -0.632. The van der Waals surface area contributed by atoms with Crippen LogP contribution in [0.25, 0.3) is 0 Å². The SMILES string of the molecule is C=C[C@H]1[C@H]2C(=O)N(C(=O)OC(C)(C)C)[C@H](CO[Si](C)(C)C(C)(C)C)[C@@H]12. The molecule has 25 heavy (non-hydrogen) atoms. The summed E-state index contributed by atoms with van der Waals surface area (Å²) in [5, 5.41) is 0.0765. The van der Waals surface area contributed by atoms with Gasteiger partial charge in [-0.25, -0.2) is 9.69 Å². The number of hydrogen-bond acceptors (Lipinski definition) is 4. The van der Waals surface area contributed by atoms with Crippen LogP contribution in [0.5, 0.6) is 0 Å². The van der Waals surface area contributed by atoms with Crippen molar-refractivity contribution in [2.75, 3.05) is 6.61 Å². The van der Waals surface area contributed by atoms with Crippen molar-refractivity contribution in [1.82, 2.24) is 4.90 Å². The van der Waals surface area contributed by atoms with Crippen LogP contribution in [0.4, 0.5) is 4.79 Å². The second kappa shape index (κ2) is 6.23. The number of hydrogen-bond donors (Lipinski definition) is 0. The van der Waals surface area contributed by atoms with Crippen LogP contribution in [0.15, 0.2) is 12.7 Å². The summed E-state index contributed by atoms with van der Waals surface area (Å²) < 4.78 is 11.8. The number of carbonyl (C=O) groups is 2. The third kappa shape index (κ3) is 3.84. The zero-order valence-electron chi connectivity index (χ0n) is 16.9. The maximum Gasteiger partial charge on any atom is 0.417 e. The molecular formula is C19H33NO4Si. The fourth-order valence-electron chi connectivity index (χ4n) is 3.22. The molecule has 1 heterocycles. The minimum Gasteiger partial charge on any atom is -0.443 e. The number of rotatable bonds is 4. The Labute approximate surface area is 152 Å². The van der Waals surface area contributed by atoms with Gasteiger partial charge in [0.05, 0.1) is 18.6 Å². The highest BCUT2D eigenvalue weighted by Crippen LogP contribution is 2.57. The Bertz CT molecular complexity index is 573. The number of nitrogens with zero attached hydrogens (tertiary/aromatic N) is 1. The average Bonchev–Trinajstić information content (AvgIpc) is 3.05. The van der Waals surface area contributed by atoms with Gasteiger partial charge in [-0.15, -0.1) is 6.58 Å². The van der Waals surface area contributed by atoms with Crippen molar-refractivity contribution >= 4 is 20.3 Å². The predicted octanol–water partition coefficient (Wildman–Crippen LogP) is 4.20. The van der Waals surface area contributed by atoms with Crippen molar-refractivity contribution in [3.05, 3.63) is 12.7 Å². The quantitative estimate of drug-likeness (QED) is 0.552. The van der Waals surface area contributed by atoms with Crippen LogP contribution in [0.2, 0.25) is 18.1 Å². The summed E-state index contributed by atoms with van der Waals surface area (Å²) in [5.74, 6) is -0.0208. The van der Waals surface area contributed by atoms with Gasteiger partial charge in [0.2, 0.25) is 5.91 Å². The summed E-state index contributed by atoms with van der Waals surface area (Å²) in [4.78, 5) is 26.6. The molecule has 6 heteroatoms. The van der Waals surface area contributed by atoms with Crippen molar-refractivity contribution in [3.63, 3.8) is 0 Å². The van der Waals surface area contributed by atoms with Gasteiger partial charge < -0.3 is 9.16 Å². The van der Waals surface area contributed by atoms with E-state index in [1.807, 2.05) is 6.08 Å². The Balaban J connectivity index is 2.17. The first-order valence-corrected chi connectivity index (χ1v) is 11.9. The molecule has 0 aromatic carbocycles. The smallest absolute Gasteiger partial charge is 0.417 e. The minimum absolute atomic E-state index is 0.0765. The molecule has 0 bridgehead atoms. The van der Waals surface area contributed by atoms with E-state index in [0.717, 1.165) is 0 Å². The van der Waals surface area contributed by atoms with E-state index in [1.54, 1.807) is 20.8 Å². The number of likely N-dealkylation sites (tertiary alicyclic amines) is 1. The first-order valence-electron chi connectivity index (χ1n) is 9.04. The van der Waals surface area contributed by atoms with Crippen LogP contribution in [0, 0.1) is 17.8 Å². The molecule has 0 aromatic rings. The highest BCUT2D eigenvalue weighted by Gasteiger charge is 2.67. The fourth-order valence-corrected chi connectivity index (χ4v) is 4.24. The standard InChI is InChI=1S/C19H33NO4Si/c1-10-12-14-13(11-23-25(8,9)19(5,6)7)20(16(21)15(12)14)17(22)24-18(2,3)4/h10,12-15H,1,11H2,2-9H3/t12-,13-,14-,15-/m1/s1. The van der Waals surface area contributed by atoms with E-state index in [4.69, 9.17) is 9.16 Å². The highest BCUT2D eigenvalue weighted by molar-refractivity contribution is 6.74. The van der Waals surface area contributed by atoms with Crippen molar-refractivity contribution in [1.29, 1.82) is 0 Å². The predicted molar refractivity (Wildman–Crippen MR) is 101 cm³/mol. The molecule has 2 aliphatic rings. The molecule has 142 valence electrons. The van der Waals surface area contributed by atoms with E-state index in [0.29, 0.717) is 6.61 Å². The first kappa shape index (κ1) is 20.2. The van der Waals surface area contributed by atoms with E-state index >= 15 is 0 Å². The van der Waals surface area contributed by atoms with Gasteiger partial charge in [0.1, 0.15) is 5.60 Å². The fraction of sp³-hybridized carbons (Fsp3) is 0.789. The van der Waals surface area contributed by atoms with Gasteiger partial charge in [-0.3, -0.25) is 4.79 Å². The number of fused-ring (bicyclic) bond motifs is 1. The van der Waals surface area contributed by atoms with Crippen LogP contribution in [-0.2, 0) is 14.0 Å². The Kier molecular flexibility index (Phi) is 5.03. The molecule has 0 N–H and O–H groups in total. The molecule has 1 saturated carbocycles. The molecule has 1 aliphatic carbocycles. The van der Waals surface area contributed by atoms with E-state index < -0.39 is 20.0 Å². The second-order valence-electron chi connectivity index (χ2n) is 9.74. The number of carbonyl (C=O) groups excluding carboxylic acids is 2. The van der Waals surface area contributed by atoms with E-state index in [-0.39, 0.29) is 34.7 Å². The molecular weight excluding hydrogens is 334 g/mol. The Morgan fingerprint density at radius 3 is 2.24 bits per heavy atom. The van der Waals surface area contributed by atoms with Gasteiger partial charge in [-0.05, 0) is 44.8 Å². The maximum absolute atomic E-state index is 12.7. The largest absolute Gasteiger partial charge is 0.443 e. The molecule has 2 rings (SSSR count). The van der Waals surface area contributed by atoms with Crippen molar-refractivity contribution in [3.8, 4) is 0 Å². The normalized spacial score (nSPS) is 29.4. The van der Waals surface area contributed by atoms with Crippen molar-refractivity contribution < 1.29 is 18.8 Å². The number of imide groups is 1. The second-order valence-corrected chi connectivity index (χ2v) is 14.6. The lowest BCUT2D eigenvalue weighted by atomic mass is 10.1. The zero-order valence-corrected chi connectivity index (χ0v) is 17.9. The van der Waals surface area contributed by atoms with Gasteiger partial charge in [-0.1, -0.05) is 26.8 Å². The lowest BCUT2D eigenvalue weighted by Gasteiger charge is -2.38. The third-order valence-corrected chi connectivity index (χ3v) is 10.2. The van der Waals surface area contributed by atoms with Gasteiger partial charge in [0, 0.05) is 5.92 Å². The molecule has 2 amide bonds. The Morgan fingerprint density at radius 1 is 1.24 bits per heavy atom. The molecule has 4 atom stereocenters. The molecule has 0 unspecified atom stereocenters. The van der Waals surface area contributed by atoms with Crippen LogP contribution in [-0.4, -0.2) is 43.5 Å². The van der Waals surface area contributed by atoms with Crippen molar-refractivity contribution in [2.45, 2.75) is 71.3 Å². The molecule has 5 nitrogen and oxygen atoms in total. The van der Waals surface area contributed by atoms with E-state index in [1.165, 1.54) is 4.90 Å². The van der Waals surface area contributed by atoms with Gasteiger partial charge in [0.25, 0.3) is 0 Å². The first-order chi connectivity index (χ1) is 11.2.